The van der Waals surface area contributed by atoms with E-state index < -0.39 is 12.1 Å². The lowest BCUT2D eigenvalue weighted by Gasteiger charge is -2.24. The first kappa shape index (κ1) is 13.9. The number of amides is 4. The number of nitrogens with zero attached hydrogens (tertiary/aromatic N) is 1. The summed E-state index contributed by atoms with van der Waals surface area (Å²) in [7, 11) is 0. The Kier molecular flexibility index (Phi) is 3.53. The molecule has 0 spiro atoms. The van der Waals surface area contributed by atoms with E-state index in [0.717, 1.165) is 6.54 Å². The summed E-state index contributed by atoms with van der Waals surface area (Å²) in [4.78, 5) is 36.8. The van der Waals surface area contributed by atoms with E-state index in [-0.39, 0.29) is 24.3 Å². The standard InChI is InChI=1S/C15H19N3O3/c1-9-11-5-3-2-4-10(11)8-18(9)13(19)7-6-12-14(20)17-15(21)16-12/h2-5,9-12H,6-8H2,1H3,(H2,16,17,20,21)/t9-,10?,11?,12?/m0/s1. The Labute approximate surface area is 123 Å². The van der Waals surface area contributed by atoms with Gasteiger partial charge in [0.2, 0.25) is 5.91 Å². The Hall–Kier alpha value is -2.11. The highest BCUT2D eigenvalue weighted by molar-refractivity contribution is 6.04. The highest BCUT2D eigenvalue weighted by Crippen LogP contribution is 2.34. The molecule has 3 rings (SSSR count). The Morgan fingerprint density at radius 2 is 2.10 bits per heavy atom. The summed E-state index contributed by atoms with van der Waals surface area (Å²) in [5.74, 6) is 0.478. The molecule has 2 N–H and O–H groups in total. The minimum absolute atomic E-state index is 0.0487. The monoisotopic (exact) mass is 289 g/mol. The zero-order valence-electron chi connectivity index (χ0n) is 11.9. The van der Waals surface area contributed by atoms with Gasteiger partial charge in [-0.15, -0.1) is 0 Å². The van der Waals surface area contributed by atoms with Crippen molar-refractivity contribution in [3.63, 3.8) is 0 Å². The number of nitrogens with one attached hydrogen (secondary N) is 2. The van der Waals surface area contributed by atoms with Gasteiger partial charge in [-0.25, -0.2) is 4.79 Å². The van der Waals surface area contributed by atoms with E-state index in [4.69, 9.17) is 0 Å². The number of allylic oxidation sites excluding steroid dienone is 2. The van der Waals surface area contributed by atoms with Crippen LogP contribution in [-0.4, -0.2) is 41.4 Å². The predicted octanol–water partition coefficient (Wildman–Crippen LogP) is 0.564. The molecule has 2 heterocycles. The van der Waals surface area contributed by atoms with Crippen molar-refractivity contribution in [3.8, 4) is 0 Å². The van der Waals surface area contributed by atoms with Crippen LogP contribution in [0.15, 0.2) is 24.3 Å². The molecule has 6 heteroatoms. The lowest BCUT2D eigenvalue weighted by atomic mass is 9.88. The molecule has 4 amide bonds. The van der Waals surface area contributed by atoms with Crippen LogP contribution in [0.2, 0.25) is 0 Å². The van der Waals surface area contributed by atoms with E-state index in [1.165, 1.54) is 0 Å². The zero-order chi connectivity index (χ0) is 15.0. The smallest absolute Gasteiger partial charge is 0.322 e. The van der Waals surface area contributed by atoms with E-state index in [1.54, 1.807) is 0 Å². The molecule has 3 aliphatic rings. The van der Waals surface area contributed by atoms with Crippen molar-refractivity contribution in [2.75, 3.05) is 6.54 Å². The maximum Gasteiger partial charge on any atom is 0.322 e. The van der Waals surface area contributed by atoms with Crippen LogP contribution >= 0.6 is 0 Å². The minimum Gasteiger partial charge on any atom is -0.339 e. The first-order valence-electron chi connectivity index (χ1n) is 7.32. The third-order valence-corrected chi connectivity index (χ3v) is 4.58. The second-order valence-electron chi connectivity index (χ2n) is 5.85. The van der Waals surface area contributed by atoms with Gasteiger partial charge in [0.1, 0.15) is 6.04 Å². The SMILES string of the molecule is C[C@H]1C2C=CC=CC2CN1C(=O)CCC1NC(=O)NC1=O. The van der Waals surface area contributed by atoms with Gasteiger partial charge in [-0.1, -0.05) is 24.3 Å². The molecule has 0 bridgehead atoms. The maximum absolute atomic E-state index is 12.4. The average molecular weight is 289 g/mol. The number of likely N-dealkylation sites (tertiary alicyclic amines) is 1. The molecular formula is C15H19N3O3. The van der Waals surface area contributed by atoms with Gasteiger partial charge in [0.05, 0.1) is 0 Å². The second-order valence-corrected chi connectivity index (χ2v) is 5.85. The number of rotatable bonds is 3. The summed E-state index contributed by atoms with van der Waals surface area (Å²) >= 11 is 0. The molecule has 4 atom stereocenters. The van der Waals surface area contributed by atoms with Crippen molar-refractivity contribution < 1.29 is 14.4 Å². The van der Waals surface area contributed by atoms with Crippen molar-refractivity contribution in [2.24, 2.45) is 11.8 Å². The number of urea groups is 1. The van der Waals surface area contributed by atoms with Crippen molar-refractivity contribution >= 4 is 17.8 Å². The minimum atomic E-state index is -0.582. The van der Waals surface area contributed by atoms with Gasteiger partial charge in [0.25, 0.3) is 5.91 Å². The van der Waals surface area contributed by atoms with Crippen molar-refractivity contribution in [3.05, 3.63) is 24.3 Å². The molecule has 3 unspecified atom stereocenters. The number of fused-ring (bicyclic) bond motifs is 1. The van der Waals surface area contributed by atoms with Gasteiger partial charge < -0.3 is 10.2 Å². The lowest BCUT2D eigenvalue weighted by Crippen LogP contribution is -2.37. The van der Waals surface area contributed by atoms with Crippen molar-refractivity contribution in [1.82, 2.24) is 15.5 Å². The summed E-state index contributed by atoms with van der Waals surface area (Å²) in [5.41, 5.74) is 0. The van der Waals surface area contributed by atoms with Gasteiger partial charge in [-0.2, -0.15) is 0 Å². The number of hydrogen-bond donors (Lipinski definition) is 2. The summed E-state index contributed by atoms with van der Waals surface area (Å²) in [5, 5.41) is 4.70. The highest BCUT2D eigenvalue weighted by atomic mass is 16.2. The Balaban J connectivity index is 1.56. The molecule has 0 aromatic heterocycles. The van der Waals surface area contributed by atoms with E-state index in [9.17, 15) is 14.4 Å². The summed E-state index contributed by atoms with van der Waals surface area (Å²) < 4.78 is 0. The average Bonchev–Trinajstić information content (AvgIpc) is 2.97. The first-order chi connectivity index (χ1) is 10.1. The fourth-order valence-corrected chi connectivity index (χ4v) is 3.38. The molecule has 0 radical (unpaired) electrons. The molecule has 6 nitrogen and oxygen atoms in total. The number of imide groups is 1. The topological polar surface area (TPSA) is 78.5 Å². The summed E-state index contributed by atoms with van der Waals surface area (Å²) in [6.07, 6.45) is 8.99. The largest absolute Gasteiger partial charge is 0.339 e. The van der Waals surface area contributed by atoms with Crippen molar-refractivity contribution in [2.45, 2.75) is 31.8 Å². The molecule has 21 heavy (non-hydrogen) atoms. The molecule has 2 saturated heterocycles. The van der Waals surface area contributed by atoms with Crippen LogP contribution in [0.5, 0.6) is 0 Å². The summed E-state index contributed by atoms with van der Waals surface area (Å²) in [6, 6.07) is -0.884. The fourth-order valence-electron chi connectivity index (χ4n) is 3.38. The van der Waals surface area contributed by atoms with Crippen LogP contribution in [0.25, 0.3) is 0 Å². The van der Waals surface area contributed by atoms with Gasteiger partial charge in [0.15, 0.2) is 0 Å². The second kappa shape index (κ2) is 5.35. The van der Waals surface area contributed by atoms with E-state index in [1.807, 2.05) is 17.1 Å². The van der Waals surface area contributed by atoms with Crippen LogP contribution in [-0.2, 0) is 9.59 Å². The quantitative estimate of drug-likeness (QED) is 0.745. The fraction of sp³-hybridized carbons (Fsp3) is 0.533. The molecule has 1 aliphatic carbocycles. The molecule has 0 saturated carbocycles. The number of carbonyl (C=O) groups is 3. The number of hydrogen-bond acceptors (Lipinski definition) is 3. The van der Waals surface area contributed by atoms with Crippen LogP contribution in [0, 0.1) is 11.8 Å². The Morgan fingerprint density at radius 3 is 2.76 bits per heavy atom. The first-order valence-corrected chi connectivity index (χ1v) is 7.32. The van der Waals surface area contributed by atoms with Crippen LogP contribution in [0.1, 0.15) is 19.8 Å². The van der Waals surface area contributed by atoms with E-state index in [0.29, 0.717) is 18.3 Å². The zero-order valence-corrected chi connectivity index (χ0v) is 11.9. The molecule has 112 valence electrons. The van der Waals surface area contributed by atoms with Crippen molar-refractivity contribution in [1.29, 1.82) is 0 Å². The highest BCUT2D eigenvalue weighted by Gasteiger charge is 2.39. The normalized spacial score (nSPS) is 33.9. The molecule has 2 aliphatic heterocycles. The van der Waals surface area contributed by atoms with Gasteiger partial charge in [0, 0.05) is 30.8 Å². The van der Waals surface area contributed by atoms with E-state index >= 15 is 0 Å². The lowest BCUT2D eigenvalue weighted by molar-refractivity contribution is -0.132. The Bertz CT molecular complexity index is 540. The molecule has 0 aromatic rings. The van der Waals surface area contributed by atoms with Crippen LogP contribution in [0.4, 0.5) is 4.79 Å². The van der Waals surface area contributed by atoms with Gasteiger partial charge in [-0.05, 0) is 13.3 Å². The van der Waals surface area contributed by atoms with E-state index in [2.05, 4.69) is 29.7 Å². The van der Waals surface area contributed by atoms with Crippen LogP contribution in [0.3, 0.4) is 0 Å². The van der Waals surface area contributed by atoms with Gasteiger partial charge >= 0.3 is 6.03 Å². The molecular weight excluding hydrogens is 270 g/mol. The third kappa shape index (κ3) is 2.57. The third-order valence-electron chi connectivity index (χ3n) is 4.58. The summed E-state index contributed by atoms with van der Waals surface area (Å²) in [6.45, 7) is 2.80. The Morgan fingerprint density at radius 1 is 1.33 bits per heavy atom. The predicted molar refractivity (Wildman–Crippen MR) is 76.1 cm³/mol. The maximum atomic E-state index is 12.4. The van der Waals surface area contributed by atoms with Crippen LogP contribution < -0.4 is 10.6 Å². The molecule has 0 aromatic carbocycles. The molecule has 2 fully saturated rings. The number of carbonyl (C=O) groups excluding carboxylic acids is 3. The van der Waals surface area contributed by atoms with Gasteiger partial charge in [-0.3, -0.25) is 14.9 Å².